The highest BCUT2D eigenvalue weighted by atomic mass is 35.5. The zero-order chi connectivity index (χ0) is 26.0. The van der Waals surface area contributed by atoms with Crippen LogP contribution in [0.5, 0.6) is 0 Å². The molecule has 0 aromatic carbocycles. The number of nitrogens with zero attached hydrogens (tertiary/aromatic N) is 3. The van der Waals surface area contributed by atoms with Crippen molar-refractivity contribution in [3.8, 4) is 0 Å². The summed E-state index contributed by atoms with van der Waals surface area (Å²) in [5, 5.41) is 8.61. The predicted octanol–water partition coefficient (Wildman–Crippen LogP) is 1.85. The van der Waals surface area contributed by atoms with Crippen molar-refractivity contribution in [2.75, 3.05) is 26.5 Å². The van der Waals surface area contributed by atoms with E-state index in [-0.39, 0.29) is 23.6 Å². The normalized spacial score (nSPS) is 21.4. The van der Waals surface area contributed by atoms with Crippen LogP contribution in [0.15, 0.2) is 24.4 Å². The summed E-state index contributed by atoms with van der Waals surface area (Å²) in [4.78, 5) is 60.3. The lowest BCUT2D eigenvalue weighted by Crippen LogP contribution is -2.57. The summed E-state index contributed by atoms with van der Waals surface area (Å²) in [5.74, 6) is -2.07. The highest BCUT2D eigenvalue weighted by Gasteiger charge is 2.37. The van der Waals surface area contributed by atoms with Gasteiger partial charge in [0.2, 0.25) is 5.91 Å². The van der Waals surface area contributed by atoms with Gasteiger partial charge in [-0.2, -0.15) is 0 Å². The highest BCUT2D eigenvalue weighted by molar-refractivity contribution is 7.14. The van der Waals surface area contributed by atoms with Crippen molar-refractivity contribution in [1.29, 1.82) is 0 Å². The van der Waals surface area contributed by atoms with E-state index in [1.807, 2.05) is 13.1 Å². The molecule has 12 heteroatoms. The van der Waals surface area contributed by atoms with E-state index in [1.165, 1.54) is 33.4 Å². The van der Waals surface area contributed by atoms with E-state index in [0.717, 1.165) is 18.7 Å². The van der Waals surface area contributed by atoms with Gasteiger partial charge in [0.15, 0.2) is 0 Å². The van der Waals surface area contributed by atoms with Gasteiger partial charge < -0.3 is 20.9 Å². The van der Waals surface area contributed by atoms with Crippen LogP contribution in [0.25, 0.3) is 0 Å². The van der Waals surface area contributed by atoms with Crippen LogP contribution in [0.2, 0.25) is 5.02 Å². The van der Waals surface area contributed by atoms with Crippen molar-refractivity contribution < 1.29 is 19.2 Å². The van der Waals surface area contributed by atoms with E-state index in [1.54, 1.807) is 20.2 Å². The van der Waals surface area contributed by atoms with Crippen LogP contribution in [0.3, 0.4) is 0 Å². The zero-order valence-electron chi connectivity index (χ0n) is 20.3. The monoisotopic (exact) mass is 532 g/mol. The van der Waals surface area contributed by atoms with Gasteiger partial charge in [0.05, 0.1) is 15.9 Å². The second-order valence-corrected chi connectivity index (χ2v) is 11.0. The smallest absolute Gasteiger partial charge is 0.314 e. The third-order valence-electron chi connectivity index (χ3n) is 6.42. The van der Waals surface area contributed by atoms with E-state index < -0.39 is 23.9 Å². The number of thiophene rings is 1. The molecule has 0 bridgehead atoms. The summed E-state index contributed by atoms with van der Waals surface area (Å²) in [5.41, 5.74) is 1.15. The van der Waals surface area contributed by atoms with Gasteiger partial charge in [0.1, 0.15) is 5.82 Å². The Balaban J connectivity index is 1.44. The van der Waals surface area contributed by atoms with Crippen molar-refractivity contribution in [3.05, 3.63) is 44.7 Å². The standard InChI is InChI=1S/C24H29ClN6O4S/c1-30(2)24(35)13-4-6-16(27-22(33)23(34)29-20-7-5-15(25)10-26-20)17(8-13)28-21(32)18-9-14-11-31(3)12-19(14)36-18/h5,7,9-10,13,16-17H,4,6,8,11-12H2,1-3H3,(H,27,33)(H,28,32)(H,26,29,34). The number of nitrogens with one attached hydrogen (secondary N) is 3. The Morgan fingerprint density at radius 2 is 1.86 bits per heavy atom. The Morgan fingerprint density at radius 3 is 2.53 bits per heavy atom. The van der Waals surface area contributed by atoms with Crippen LogP contribution in [-0.2, 0) is 27.5 Å². The first-order valence-electron chi connectivity index (χ1n) is 11.7. The van der Waals surface area contributed by atoms with E-state index in [2.05, 4.69) is 25.8 Å². The van der Waals surface area contributed by atoms with Gasteiger partial charge in [-0.3, -0.25) is 24.1 Å². The zero-order valence-corrected chi connectivity index (χ0v) is 21.9. The topological polar surface area (TPSA) is 124 Å². The lowest BCUT2D eigenvalue weighted by molar-refractivity contribution is -0.137. The minimum Gasteiger partial charge on any atom is -0.349 e. The van der Waals surface area contributed by atoms with Crippen LogP contribution in [0, 0.1) is 5.92 Å². The van der Waals surface area contributed by atoms with Crippen LogP contribution in [0.1, 0.15) is 39.4 Å². The molecular formula is C24H29ClN6O4S. The molecule has 3 atom stereocenters. The molecule has 4 rings (SSSR count). The minimum atomic E-state index is -0.875. The molecule has 3 unspecified atom stereocenters. The number of pyridine rings is 1. The highest BCUT2D eigenvalue weighted by Crippen LogP contribution is 2.31. The Hall–Kier alpha value is -3.02. The molecule has 4 amide bonds. The second-order valence-electron chi connectivity index (χ2n) is 9.45. The number of carbonyl (C=O) groups is 4. The Bertz CT molecular complexity index is 1140. The number of carbonyl (C=O) groups excluding carboxylic acids is 4. The van der Waals surface area contributed by atoms with E-state index in [4.69, 9.17) is 11.6 Å². The van der Waals surface area contributed by atoms with Gasteiger partial charge in [-0.1, -0.05) is 11.6 Å². The molecule has 36 heavy (non-hydrogen) atoms. The Morgan fingerprint density at radius 1 is 1.08 bits per heavy atom. The molecule has 0 saturated heterocycles. The summed E-state index contributed by atoms with van der Waals surface area (Å²) >= 11 is 7.27. The average molecular weight is 533 g/mol. The summed E-state index contributed by atoms with van der Waals surface area (Å²) in [6.45, 7) is 1.62. The summed E-state index contributed by atoms with van der Waals surface area (Å²) in [6, 6.07) is 3.93. The number of rotatable bonds is 5. The van der Waals surface area contributed by atoms with E-state index in [9.17, 15) is 19.2 Å². The molecule has 1 saturated carbocycles. The van der Waals surface area contributed by atoms with Crippen LogP contribution in [0.4, 0.5) is 5.82 Å². The van der Waals surface area contributed by atoms with Crippen LogP contribution < -0.4 is 16.0 Å². The molecule has 3 N–H and O–H groups in total. The fourth-order valence-corrected chi connectivity index (χ4v) is 5.90. The first kappa shape index (κ1) is 26.1. The van der Waals surface area contributed by atoms with E-state index >= 15 is 0 Å². The lowest BCUT2D eigenvalue weighted by Gasteiger charge is -2.37. The largest absolute Gasteiger partial charge is 0.349 e. The molecule has 2 aromatic rings. The number of amides is 4. The number of halogens is 1. The third kappa shape index (κ3) is 6.03. The third-order valence-corrected chi connectivity index (χ3v) is 7.81. The maximum Gasteiger partial charge on any atom is 0.314 e. The molecule has 10 nitrogen and oxygen atoms in total. The SMILES string of the molecule is CN1Cc2cc(C(=O)NC3CC(C(=O)N(C)C)CCC3NC(=O)C(=O)Nc3ccc(Cl)cn3)sc2C1. The maximum atomic E-state index is 13.1. The summed E-state index contributed by atoms with van der Waals surface area (Å²) < 4.78 is 0. The Kier molecular flexibility index (Phi) is 7.91. The first-order valence-corrected chi connectivity index (χ1v) is 12.9. The van der Waals surface area contributed by atoms with Gasteiger partial charge in [0.25, 0.3) is 5.91 Å². The van der Waals surface area contributed by atoms with Gasteiger partial charge in [0, 0.05) is 50.2 Å². The molecule has 2 aromatic heterocycles. The van der Waals surface area contributed by atoms with Gasteiger partial charge in [-0.15, -0.1) is 11.3 Å². The Labute approximate surface area is 218 Å². The fourth-order valence-electron chi connectivity index (χ4n) is 4.63. The molecule has 192 valence electrons. The molecule has 1 aliphatic heterocycles. The first-order chi connectivity index (χ1) is 17.1. The van der Waals surface area contributed by atoms with Crippen molar-refractivity contribution in [2.45, 2.75) is 44.4 Å². The van der Waals surface area contributed by atoms with Crippen molar-refractivity contribution in [1.82, 2.24) is 25.4 Å². The lowest BCUT2D eigenvalue weighted by atomic mass is 9.81. The molecular weight excluding hydrogens is 504 g/mol. The second kappa shape index (κ2) is 10.9. The van der Waals surface area contributed by atoms with Gasteiger partial charge in [-0.25, -0.2) is 4.98 Å². The summed E-state index contributed by atoms with van der Waals surface area (Å²) in [6.07, 6.45) is 2.71. The number of hydrogen-bond donors (Lipinski definition) is 3. The van der Waals surface area contributed by atoms with Crippen LogP contribution in [-0.4, -0.2) is 71.6 Å². The van der Waals surface area contributed by atoms with Crippen molar-refractivity contribution in [2.24, 2.45) is 5.92 Å². The fraction of sp³-hybridized carbons (Fsp3) is 0.458. The molecule has 1 fully saturated rings. The van der Waals surface area contributed by atoms with Gasteiger partial charge >= 0.3 is 11.8 Å². The molecule has 0 spiro atoms. The maximum absolute atomic E-state index is 13.1. The number of aromatic nitrogens is 1. The number of fused-ring (bicyclic) bond motifs is 1. The molecule has 1 aliphatic carbocycles. The summed E-state index contributed by atoms with van der Waals surface area (Å²) in [7, 11) is 5.43. The van der Waals surface area contributed by atoms with E-state index in [0.29, 0.717) is 29.2 Å². The quantitative estimate of drug-likeness (QED) is 0.505. The average Bonchev–Trinajstić information content (AvgIpc) is 3.38. The number of anilines is 1. The molecule has 2 aliphatic rings. The van der Waals surface area contributed by atoms with Gasteiger partial charge in [-0.05, 0) is 50.1 Å². The predicted molar refractivity (Wildman–Crippen MR) is 137 cm³/mol. The molecule has 3 heterocycles. The molecule has 0 radical (unpaired) electrons. The van der Waals surface area contributed by atoms with Crippen LogP contribution >= 0.6 is 22.9 Å². The van der Waals surface area contributed by atoms with Crippen molar-refractivity contribution in [3.63, 3.8) is 0 Å². The minimum absolute atomic E-state index is 0.0243. The van der Waals surface area contributed by atoms with Crippen molar-refractivity contribution >= 4 is 52.4 Å². The number of hydrogen-bond acceptors (Lipinski definition) is 7.